The molecule has 228 valence electrons. The van der Waals surface area contributed by atoms with Gasteiger partial charge in [0, 0.05) is 30.3 Å². The van der Waals surface area contributed by atoms with Gasteiger partial charge in [-0.2, -0.15) is 0 Å². The molecule has 18 heteroatoms. The van der Waals surface area contributed by atoms with Gasteiger partial charge in [-0.15, -0.1) is 28.5 Å². The predicted molar refractivity (Wildman–Crippen MR) is 141 cm³/mol. The van der Waals surface area contributed by atoms with E-state index in [-0.39, 0.29) is 42.3 Å². The van der Waals surface area contributed by atoms with Crippen LogP contribution in [0.15, 0.2) is 42.7 Å². The lowest BCUT2D eigenvalue weighted by Crippen LogP contribution is -2.23. The van der Waals surface area contributed by atoms with Gasteiger partial charge in [0.25, 0.3) is 5.91 Å². The smallest absolute Gasteiger partial charge is 0.481 e. The number of hydrogen-bond acceptors (Lipinski definition) is 10. The second-order valence-electron chi connectivity index (χ2n) is 8.84. The van der Waals surface area contributed by atoms with Crippen LogP contribution < -0.4 is 20.1 Å². The number of nitrogens with zero attached hydrogens (tertiary/aromatic N) is 6. The van der Waals surface area contributed by atoms with E-state index in [0.29, 0.717) is 16.5 Å². The summed E-state index contributed by atoms with van der Waals surface area (Å²) in [6.45, 7) is -0.0402. The number of carbonyl (C=O) groups is 2. The van der Waals surface area contributed by atoms with E-state index in [0.717, 1.165) is 29.5 Å². The summed E-state index contributed by atoms with van der Waals surface area (Å²) < 4.78 is 75.9. The van der Waals surface area contributed by atoms with Crippen LogP contribution >= 0.6 is 11.3 Å². The molecule has 0 saturated carbocycles. The van der Waals surface area contributed by atoms with Gasteiger partial charge < -0.3 is 20.1 Å². The van der Waals surface area contributed by atoms with Gasteiger partial charge in [-0.3, -0.25) is 9.59 Å². The Morgan fingerprint density at radius 2 is 1.95 bits per heavy atom. The molecule has 0 saturated heterocycles. The van der Waals surface area contributed by atoms with Crippen molar-refractivity contribution in [2.75, 3.05) is 12.4 Å². The number of methoxy groups -OCH3 is 1. The number of benzene rings is 1. The Kier molecular flexibility index (Phi) is 10.1. The Balaban J connectivity index is 1.22. The number of halogens is 5. The molecule has 0 bridgehead atoms. The van der Waals surface area contributed by atoms with Gasteiger partial charge in [0.05, 0.1) is 26.3 Å². The molecular weight excluding hydrogens is 603 g/mol. The minimum atomic E-state index is -4.97. The normalized spacial score (nSPS) is 12.0. The van der Waals surface area contributed by atoms with Crippen LogP contribution in [0.1, 0.15) is 33.0 Å². The molecule has 2 amide bonds. The standard InChI is InChI=1S/C25H23F5N8O4S/c1-41-23-14(3-2-8-31-23)11-32-22(40)19-13-38(37-34-19)12-16(26)4-7-21-35-36-24(43-21)33-20(39)10-15-9-17(5-6-18(15)27)42-25(28,29)30/h2-3,5-6,8-9,13,16H,4,7,10-12H2,1H3,(H,32,40)(H,33,36,39). The third-order valence-electron chi connectivity index (χ3n) is 5.63. The molecule has 1 atom stereocenters. The quantitative estimate of drug-likeness (QED) is 0.212. The van der Waals surface area contributed by atoms with Crippen LogP contribution in [0.3, 0.4) is 0 Å². The summed E-state index contributed by atoms with van der Waals surface area (Å²) in [4.78, 5) is 28.7. The second kappa shape index (κ2) is 14.0. The van der Waals surface area contributed by atoms with E-state index in [1.165, 1.54) is 18.0 Å². The van der Waals surface area contributed by atoms with Gasteiger partial charge in [0.1, 0.15) is 22.7 Å². The zero-order valence-corrected chi connectivity index (χ0v) is 23.1. The summed E-state index contributed by atoms with van der Waals surface area (Å²) in [5.74, 6) is -2.44. The number of hydrogen-bond donors (Lipinski definition) is 2. The molecule has 0 aliphatic carbocycles. The molecule has 3 aromatic heterocycles. The first-order chi connectivity index (χ1) is 20.5. The monoisotopic (exact) mass is 626 g/mol. The van der Waals surface area contributed by atoms with Gasteiger partial charge in [-0.25, -0.2) is 18.4 Å². The number of aryl methyl sites for hydroxylation is 1. The number of alkyl halides is 4. The van der Waals surface area contributed by atoms with Gasteiger partial charge in [-0.1, -0.05) is 22.6 Å². The molecule has 0 spiro atoms. The molecule has 0 fully saturated rings. The fourth-order valence-electron chi connectivity index (χ4n) is 3.70. The first-order valence-corrected chi connectivity index (χ1v) is 13.3. The molecule has 1 unspecified atom stereocenters. The largest absolute Gasteiger partial charge is 0.573 e. The van der Waals surface area contributed by atoms with E-state index in [1.807, 2.05) is 0 Å². The first kappa shape index (κ1) is 31.2. The Hall–Kier alpha value is -4.74. The lowest BCUT2D eigenvalue weighted by molar-refractivity contribution is -0.274. The van der Waals surface area contributed by atoms with Crippen molar-refractivity contribution in [2.45, 2.75) is 44.9 Å². The highest BCUT2D eigenvalue weighted by atomic mass is 32.1. The lowest BCUT2D eigenvalue weighted by atomic mass is 10.1. The number of ether oxygens (including phenoxy) is 2. The molecule has 2 N–H and O–H groups in total. The third-order valence-corrected chi connectivity index (χ3v) is 6.52. The topological polar surface area (TPSA) is 146 Å². The summed E-state index contributed by atoms with van der Waals surface area (Å²) in [6.07, 6.45) is -3.89. The highest BCUT2D eigenvalue weighted by molar-refractivity contribution is 7.15. The van der Waals surface area contributed by atoms with Crippen molar-refractivity contribution in [1.82, 2.24) is 35.5 Å². The van der Waals surface area contributed by atoms with Gasteiger partial charge in [0.2, 0.25) is 16.9 Å². The highest BCUT2D eigenvalue weighted by Crippen LogP contribution is 2.25. The van der Waals surface area contributed by atoms with Crippen molar-refractivity contribution in [3.63, 3.8) is 0 Å². The average molecular weight is 627 g/mol. The van der Waals surface area contributed by atoms with E-state index < -0.39 is 42.3 Å². The molecule has 12 nitrogen and oxygen atoms in total. The minimum absolute atomic E-state index is 0.000880. The molecule has 0 aliphatic heterocycles. The van der Waals surface area contributed by atoms with E-state index in [1.54, 1.807) is 18.3 Å². The van der Waals surface area contributed by atoms with Crippen LogP contribution in [-0.4, -0.2) is 61.6 Å². The molecule has 43 heavy (non-hydrogen) atoms. The van der Waals surface area contributed by atoms with Crippen LogP contribution in [0.5, 0.6) is 11.6 Å². The maximum atomic E-state index is 14.6. The van der Waals surface area contributed by atoms with Crippen molar-refractivity contribution >= 4 is 28.3 Å². The Morgan fingerprint density at radius 1 is 1.14 bits per heavy atom. The summed E-state index contributed by atoms with van der Waals surface area (Å²) in [6, 6.07) is 5.77. The van der Waals surface area contributed by atoms with E-state index in [2.05, 4.69) is 40.9 Å². The molecule has 3 heterocycles. The van der Waals surface area contributed by atoms with E-state index >= 15 is 0 Å². The number of amides is 2. The van der Waals surface area contributed by atoms with Crippen LogP contribution in [0, 0.1) is 5.82 Å². The minimum Gasteiger partial charge on any atom is -0.481 e. The van der Waals surface area contributed by atoms with E-state index in [4.69, 9.17) is 4.74 Å². The van der Waals surface area contributed by atoms with E-state index in [9.17, 15) is 31.5 Å². The molecule has 0 radical (unpaired) electrons. The summed E-state index contributed by atoms with van der Waals surface area (Å²) in [5.41, 5.74) is 0.346. The molecule has 0 aliphatic rings. The van der Waals surface area contributed by atoms with Crippen LogP contribution in [0.25, 0.3) is 0 Å². The summed E-state index contributed by atoms with van der Waals surface area (Å²) in [5, 5.41) is 20.7. The van der Waals surface area contributed by atoms with Crippen molar-refractivity contribution in [3.8, 4) is 11.6 Å². The zero-order chi connectivity index (χ0) is 31.0. The van der Waals surface area contributed by atoms with Crippen molar-refractivity contribution < 1.29 is 41.0 Å². The number of nitrogens with one attached hydrogen (secondary N) is 2. The zero-order valence-electron chi connectivity index (χ0n) is 22.3. The van der Waals surface area contributed by atoms with Crippen LogP contribution in [-0.2, 0) is 30.7 Å². The Labute approximate surface area is 244 Å². The summed E-state index contributed by atoms with van der Waals surface area (Å²) in [7, 11) is 1.46. The fraction of sp³-hybridized carbons (Fsp3) is 0.320. The molecular formula is C25H23F5N8O4S. The van der Waals surface area contributed by atoms with Crippen molar-refractivity contribution in [2.24, 2.45) is 0 Å². The maximum absolute atomic E-state index is 14.6. The number of carbonyl (C=O) groups excluding carboxylic acids is 2. The Morgan fingerprint density at radius 3 is 2.72 bits per heavy atom. The second-order valence-corrected chi connectivity index (χ2v) is 9.91. The van der Waals surface area contributed by atoms with Gasteiger partial charge in [-0.05, 0) is 30.7 Å². The average Bonchev–Trinajstić information content (AvgIpc) is 3.61. The summed E-state index contributed by atoms with van der Waals surface area (Å²) >= 11 is 0.960. The third kappa shape index (κ3) is 9.38. The predicted octanol–water partition coefficient (Wildman–Crippen LogP) is 3.65. The highest BCUT2D eigenvalue weighted by Gasteiger charge is 2.31. The number of rotatable bonds is 13. The van der Waals surface area contributed by atoms with Crippen molar-refractivity contribution in [3.05, 3.63) is 70.4 Å². The van der Waals surface area contributed by atoms with Gasteiger partial charge >= 0.3 is 6.36 Å². The molecule has 4 rings (SSSR count). The molecule has 4 aromatic rings. The van der Waals surface area contributed by atoms with Crippen LogP contribution in [0.4, 0.5) is 27.1 Å². The number of aromatic nitrogens is 6. The fourth-order valence-corrected chi connectivity index (χ4v) is 4.47. The molecule has 1 aromatic carbocycles. The van der Waals surface area contributed by atoms with Crippen LogP contribution in [0.2, 0.25) is 0 Å². The van der Waals surface area contributed by atoms with Crippen molar-refractivity contribution in [1.29, 1.82) is 0 Å². The maximum Gasteiger partial charge on any atom is 0.573 e. The SMILES string of the molecule is COc1ncccc1CNC(=O)c1cn(CC(F)CCc2nnc(NC(=O)Cc3cc(OC(F)(F)F)ccc3F)s2)nn1. The van der Waals surface area contributed by atoms with Gasteiger partial charge in [0.15, 0.2) is 5.69 Å². The number of pyridine rings is 1. The Bertz CT molecular complexity index is 1560. The lowest BCUT2D eigenvalue weighted by Gasteiger charge is -2.10. The first-order valence-electron chi connectivity index (χ1n) is 12.5. The number of anilines is 1.